The lowest BCUT2D eigenvalue weighted by molar-refractivity contribution is 0.401. The van der Waals surface area contributed by atoms with Crippen LogP contribution in [-0.2, 0) is 6.42 Å². The Hall–Kier alpha value is -0.890. The zero-order chi connectivity index (χ0) is 11.5. The number of nitrogens with zero attached hydrogens (tertiary/aromatic N) is 1. The highest BCUT2D eigenvalue weighted by Gasteiger charge is 2.29. The molecule has 1 aliphatic rings. The van der Waals surface area contributed by atoms with Gasteiger partial charge in [-0.2, -0.15) is 0 Å². The van der Waals surface area contributed by atoms with Gasteiger partial charge in [-0.3, -0.25) is 4.98 Å². The van der Waals surface area contributed by atoms with Gasteiger partial charge < -0.3 is 5.73 Å². The average Bonchev–Trinajstić information content (AvgIpc) is 2.72. The van der Waals surface area contributed by atoms with E-state index in [0.29, 0.717) is 5.92 Å². The number of aryl methyl sites for hydroxylation is 1. The third-order valence-electron chi connectivity index (χ3n) is 3.89. The molecule has 0 amide bonds. The van der Waals surface area contributed by atoms with Gasteiger partial charge in [-0.15, -0.1) is 0 Å². The summed E-state index contributed by atoms with van der Waals surface area (Å²) in [6, 6.07) is 4.51. The summed E-state index contributed by atoms with van der Waals surface area (Å²) in [5.74, 6) is 1.22. The Morgan fingerprint density at radius 1 is 1.56 bits per heavy atom. The summed E-state index contributed by atoms with van der Waals surface area (Å²) in [7, 11) is 0. The highest BCUT2D eigenvalue weighted by molar-refractivity contribution is 5.29. The molecule has 16 heavy (non-hydrogen) atoms. The zero-order valence-electron chi connectivity index (χ0n) is 10.3. The minimum absolute atomic E-state index is 0.283. The number of aromatic nitrogens is 1. The minimum atomic E-state index is 0.283. The van der Waals surface area contributed by atoms with Gasteiger partial charge >= 0.3 is 0 Å². The molecule has 0 fully saturated rings. The smallest absolute Gasteiger partial charge is 0.0482 e. The van der Waals surface area contributed by atoms with Crippen LogP contribution >= 0.6 is 0 Å². The molecule has 3 unspecified atom stereocenters. The lowest BCUT2D eigenvalue weighted by atomic mass is 9.89. The normalized spacial score (nSPS) is 22.8. The topological polar surface area (TPSA) is 38.9 Å². The van der Waals surface area contributed by atoms with E-state index in [9.17, 15) is 0 Å². The molecule has 0 bridgehead atoms. The van der Waals surface area contributed by atoms with E-state index in [4.69, 9.17) is 5.73 Å². The van der Waals surface area contributed by atoms with Gasteiger partial charge in [0.05, 0.1) is 0 Å². The first-order chi connectivity index (χ1) is 7.72. The average molecular weight is 218 g/mol. The molecule has 3 atom stereocenters. The Labute approximate surface area is 98.3 Å². The molecule has 0 saturated heterocycles. The largest absolute Gasteiger partial charge is 0.327 e. The van der Waals surface area contributed by atoms with Gasteiger partial charge in [0, 0.05) is 23.9 Å². The van der Waals surface area contributed by atoms with E-state index < -0.39 is 0 Å². The molecule has 1 heterocycles. The van der Waals surface area contributed by atoms with Crippen LogP contribution in [0.2, 0.25) is 0 Å². The number of pyridine rings is 1. The SMILES string of the molecule is CCC(C)CC(N)C1CCc2cccnc21. The molecule has 0 spiro atoms. The lowest BCUT2D eigenvalue weighted by Crippen LogP contribution is -2.29. The van der Waals surface area contributed by atoms with Crippen LogP contribution in [0.25, 0.3) is 0 Å². The first kappa shape index (κ1) is 11.6. The Kier molecular flexibility index (Phi) is 3.59. The van der Waals surface area contributed by atoms with Gasteiger partial charge in [0.1, 0.15) is 0 Å². The molecule has 1 aliphatic carbocycles. The highest BCUT2D eigenvalue weighted by atomic mass is 14.7. The van der Waals surface area contributed by atoms with Crippen molar-refractivity contribution in [2.24, 2.45) is 11.7 Å². The maximum atomic E-state index is 6.33. The predicted molar refractivity (Wildman–Crippen MR) is 67.3 cm³/mol. The van der Waals surface area contributed by atoms with Crippen molar-refractivity contribution in [3.63, 3.8) is 0 Å². The molecule has 0 aromatic carbocycles. The van der Waals surface area contributed by atoms with E-state index in [1.807, 2.05) is 12.3 Å². The molecule has 0 aliphatic heterocycles. The summed E-state index contributed by atoms with van der Waals surface area (Å²) in [6.45, 7) is 4.52. The summed E-state index contributed by atoms with van der Waals surface area (Å²) in [4.78, 5) is 4.51. The second kappa shape index (κ2) is 4.96. The maximum absolute atomic E-state index is 6.33. The van der Waals surface area contributed by atoms with Crippen molar-refractivity contribution in [3.8, 4) is 0 Å². The highest BCUT2D eigenvalue weighted by Crippen LogP contribution is 2.34. The predicted octanol–water partition coefficient (Wildman–Crippen LogP) is 2.87. The Bertz CT molecular complexity index is 348. The van der Waals surface area contributed by atoms with E-state index >= 15 is 0 Å². The van der Waals surface area contributed by atoms with Crippen molar-refractivity contribution in [2.45, 2.75) is 51.5 Å². The fraction of sp³-hybridized carbons (Fsp3) is 0.643. The Balaban J connectivity index is 2.07. The summed E-state index contributed by atoms with van der Waals surface area (Å²) in [5.41, 5.74) is 9.00. The van der Waals surface area contributed by atoms with Crippen LogP contribution in [0.1, 0.15) is 50.3 Å². The van der Waals surface area contributed by atoms with E-state index in [2.05, 4.69) is 24.9 Å². The van der Waals surface area contributed by atoms with E-state index in [-0.39, 0.29) is 6.04 Å². The standard InChI is InChI=1S/C14H22N2/c1-3-10(2)9-13(15)12-7-6-11-5-4-8-16-14(11)12/h4-5,8,10,12-13H,3,6-7,9,15H2,1-2H3. The summed E-state index contributed by atoms with van der Waals surface area (Å²) in [6.07, 6.45) is 6.58. The zero-order valence-corrected chi connectivity index (χ0v) is 10.3. The lowest BCUT2D eigenvalue weighted by Gasteiger charge is -2.22. The van der Waals surface area contributed by atoms with Crippen LogP contribution in [0.3, 0.4) is 0 Å². The molecular weight excluding hydrogens is 196 g/mol. The van der Waals surface area contributed by atoms with Crippen LogP contribution in [0.15, 0.2) is 18.3 Å². The van der Waals surface area contributed by atoms with E-state index in [0.717, 1.165) is 18.8 Å². The molecule has 0 radical (unpaired) electrons. The van der Waals surface area contributed by atoms with E-state index in [1.54, 1.807) is 0 Å². The van der Waals surface area contributed by atoms with Crippen LogP contribution < -0.4 is 5.73 Å². The van der Waals surface area contributed by atoms with Crippen LogP contribution in [0.5, 0.6) is 0 Å². The monoisotopic (exact) mass is 218 g/mol. The van der Waals surface area contributed by atoms with Crippen LogP contribution in [0, 0.1) is 5.92 Å². The van der Waals surface area contributed by atoms with Gasteiger partial charge in [-0.1, -0.05) is 26.3 Å². The van der Waals surface area contributed by atoms with E-state index in [1.165, 1.54) is 24.1 Å². The molecule has 88 valence electrons. The molecular formula is C14H22N2. The van der Waals surface area contributed by atoms with Crippen molar-refractivity contribution >= 4 is 0 Å². The Morgan fingerprint density at radius 2 is 2.38 bits per heavy atom. The Morgan fingerprint density at radius 3 is 3.12 bits per heavy atom. The van der Waals surface area contributed by atoms with Gasteiger partial charge in [-0.05, 0) is 36.8 Å². The number of hydrogen-bond donors (Lipinski definition) is 1. The fourth-order valence-electron chi connectivity index (χ4n) is 2.66. The molecule has 1 aromatic heterocycles. The number of hydrogen-bond acceptors (Lipinski definition) is 2. The molecule has 2 rings (SSSR count). The van der Waals surface area contributed by atoms with Crippen LogP contribution in [0.4, 0.5) is 0 Å². The first-order valence-corrected chi connectivity index (χ1v) is 6.41. The summed E-state index contributed by atoms with van der Waals surface area (Å²) in [5, 5.41) is 0. The second-order valence-electron chi connectivity index (χ2n) is 5.11. The number of nitrogens with two attached hydrogens (primary N) is 1. The van der Waals surface area contributed by atoms with Crippen LogP contribution in [-0.4, -0.2) is 11.0 Å². The molecule has 1 aromatic rings. The maximum Gasteiger partial charge on any atom is 0.0482 e. The van der Waals surface area contributed by atoms with Crippen molar-refractivity contribution in [3.05, 3.63) is 29.6 Å². The fourth-order valence-corrected chi connectivity index (χ4v) is 2.66. The van der Waals surface area contributed by atoms with Gasteiger partial charge in [0.25, 0.3) is 0 Å². The minimum Gasteiger partial charge on any atom is -0.327 e. The van der Waals surface area contributed by atoms with Crippen molar-refractivity contribution in [2.75, 3.05) is 0 Å². The molecule has 2 N–H and O–H groups in total. The molecule has 2 heteroatoms. The first-order valence-electron chi connectivity index (χ1n) is 6.41. The number of fused-ring (bicyclic) bond motifs is 1. The van der Waals surface area contributed by atoms with Crippen molar-refractivity contribution in [1.82, 2.24) is 4.98 Å². The number of rotatable bonds is 4. The second-order valence-corrected chi connectivity index (χ2v) is 5.11. The summed E-state index contributed by atoms with van der Waals surface area (Å²) >= 11 is 0. The third kappa shape index (κ3) is 2.27. The van der Waals surface area contributed by atoms with Gasteiger partial charge in [-0.25, -0.2) is 0 Å². The molecule has 2 nitrogen and oxygen atoms in total. The van der Waals surface area contributed by atoms with Gasteiger partial charge in [0.2, 0.25) is 0 Å². The third-order valence-corrected chi connectivity index (χ3v) is 3.89. The van der Waals surface area contributed by atoms with Crippen molar-refractivity contribution < 1.29 is 0 Å². The molecule has 0 saturated carbocycles. The summed E-state index contributed by atoms with van der Waals surface area (Å²) < 4.78 is 0. The van der Waals surface area contributed by atoms with Crippen molar-refractivity contribution in [1.29, 1.82) is 0 Å². The quantitative estimate of drug-likeness (QED) is 0.844. The van der Waals surface area contributed by atoms with Gasteiger partial charge in [0.15, 0.2) is 0 Å².